The van der Waals surface area contributed by atoms with E-state index in [1.807, 2.05) is 0 Å². The molecule has 73 heavy (non-hydrogen) atoms. The van der Waals surface area contributed by atoms with Crippen LogP contribution >= 0.6 is 0 Å². The monoisotopic (exact) mass is 1010 g/mol. The highest BCUT2D eigenvalue weighted by atomic mass is 19.4. The highest BCUT2D eigenvalue weighted by Gasteiger charge is 2.40. The molecule has 2 aliphatic heterocycles. The van der Waals surface area contributed by atoms with Gasteiger partial charge in [-0.25, -0.2) is 22.6 Å². The first-order valence-corrected chi connectivity index (χ1v) is 23.2. The van der Waals surface area contributed by atoms with Crippen molar-refractivity contribution in [2.24, 2.45) is 26.8 Å². The SMILES string of the molecule is CCC=NC(=O)[C@H]1CC(c2c(F)cccc2F)=N[C@H]1c1ccc(-c2ccc(OC(F)(F)F)c(CCCCNC(=O)[C@H]3CC(c4c(F)cccc4F)=N[C@H]3c3ccc(-c4ccc(OC(F)(F)F)cc4)cc3)c2)cc1. The predicted octanol–water partition coefficient (Wildman–Crippen LogP) is 13.6. The van der Waals surface area contributed by atoms with Crippen molar-refractivity contribution in [1.29, 1.82) is 0 Å². The Balaban J connectivity index is 0.955. The average molecular weight is 1010 g/mol. The highest BCUT2D eigenvalue weighted by molar-refractivity contribution is 6.06. The first kappa shape index (κ1) is 51.7. The smallest absolute Gasteiger partial charge is 0.406 e. The summed E-state index contributed by atoms with van der Waals surface area (Å²) < 4.78 is 147. The van der Waals surface area contributed by atoms with Crippen molar-refractivity contribution in [3.05, 3.63) is 178 Å². The Bertz CT molecular complexity index is 3020. The van der Waals surface area contributed by atoms with Crippen molar-refractivity contribution in [3.8, 4) is 33.8 Å². The predicted molar refractivity (Wildman–Crippen MR) is 254 cm³/mol. The van der Waals surface area contributed by atoms with Gasteiger partial charge in [0.25, 0.3) is 5.91 Å². The number of aliphatic imine (C=N–C) groups is 3. The van der Waals surface area contributed by atoms with Gasteiger partial charge in [-0.05, 0) is 113 Å². The van der Waals surface area contributed by atoms with Crippen LogP contribution in [0.4, 0.5) is 43.9 Å². The van der Waals surface area contributed by atoms with Crippen LogP contribution in [-0.4, -0.2) is 48.7 Å². The number of hydrogen-bond acceptors (Lipinski definition) is 6. The number of aryl methyl sites for hydroxylation is 1. The number of nitrogens with zero attached hydrogens (tertiary/aromatic N) is 3. The number of ether oxygens (including phenoxy) is 2. The van der Waals surface area contributed by atoms with Crippen molar-refractivity contribution in [1.82, 2.24) is 5.32 Å². The van der Waals surface area contributed by atoms with E-state index in [0.29, 0.717) is 52.6 Å². The lowest BCUT2D eigenvalue weighted by Crippen LogP contribution is -2.33. The van der Waals surface area contributed by atoms with Crippen LogP contribution < -0.4 is 14.8 Å². The van der Waals surface area contributed by atoms with Gasteiger partial charge < -0.3 is 14.8 Å². The largest absolute Gasteiger partial charge is 0.573 e. The number of amides is 2. The molecule has 6 aromatic carbocycles. The van der Waals surface area contributed by atoms with Crippen molar-refractivity contribution in [2.45, 2.75) is 70.3 Å². The van der Waals surface area contributed by atoms with Gasteiger partial charge in [0.1, 0.15) is 34.8 Å². The summed E-state index contributed by atoms with van der Waals surface area (Å²) in [5.74, 6) is -6.95. The number of carbonyl (C=O) groups is 2. The normalized spacial score (nSPS) is 17.9. The number of alkyl halides is 6. The summed E-state index contributed by atoms with van der Waals surface area (Å²) in [6, 6.07) is 27.9. The number of halogens is 10. The lowest BCUT2D eigenvalue weighted by molar-refractivity contribution is -0.275. The third kappa shape index (κ3) is 12.5. The Morgan fingerprint density at radius 1 is 0.616 bits per heavy atom. The summed E-state index contributed by atoms with van der Waals surface area (Å²) in [5.41, 5.74) is 3.02. The second-order valence-electron chi connectivity index (χ2n) is 17.3. The Labute approximate surface area is 412 Å². The number of benzene rings is 6. The maximum Gasteiger partial charge on any atom is 0.573 e. The van der Waals surface area contributed by atoms with E-state index in [9.17, 15) is 44.7 Å². The zero-order valence-electron chi connectivity index (χ0n) is 38.7. The average Bonchev–Trinajstić information content (AvgIpc) is 3.99. The zero-order valence-corrected chi connectivity index (χ0v) is 38.7. The van der Waals surface area contributed by atoms with E-state index in [2.05, 4.69) is 29.8 Å². The molecule has 0 fully saturated rings. The maximum atomic E-state index is 15.0. The van der Waals surface area contributed by atoms with Gasteiger partial charge in [-0.3, -0.25) is 19.6 Å². The molecule has 2 aliphatic rings. The van der Waals surface area contributed by atoms with Gasteiger partial charge in [-0.15, -0.1) is 26.3 Å². The minimum absolute atomic E-state index is 0.0332. The van der Waals surface area contributed by atoms with Crippen molar-refractivity contribution in [2.75, 3.05) is 6.54 Å². The number of hydrogen-bond donors (Lipinski definition) is 1. The molecular weight excluding hydrogens is 971 g/mol. The second kappa shape index (κ2) is 22.0. The van der Waals surface area contributed by atoms with E-state index < -0.39 is 83.2 Å². The molecule has 2 heterocycles. The van der Waals surface area contributed by atoms with Crippen LogP contribution in [0.3, 0.4) is 0 Å². The minimum atomic E-state index is -5.00. The van der Waals surface area contributed by atoms with Gasteiger partial charge in [0.15, 0.2) is 0 Å². The van der Waals surface area contributed by atoms with Crippen LogP contribution in [0.15, 0.2) is 142 Å². The molecule has 1 N–H and O–H groups in total. The molecule has 18 heteroatoms. The van der Waals surface area contributed by atoms with E-state index in [4.69, 9.17) is 0 Å². The van der Waals surface area contributed by atoms with Crippen LogP contribution in [0.2, 0.25) is 0 Å². The van der Waals surface area contributed by atoms with Crippen LogP contribution in [0.5, 0.6) is 11.5 Å². The summed E-state index contributed by atoms with van der Waals surface area (Å²) in [6.07, 6.45) is -7.43. The Hall–Kier alpha value is -7.63. The Morgan fingerprint density at radius 2 is 1.08 bits per heavy atom. The maximum absolute atomic E-state index is 15.0. The first-order chi connectivity index (χ1) is 34.9. The summed E-state index contributed by atoms with van der Waals surface area (Å²) >= 11 is 0. The zero-order chi connectivity index (χ0) is 52.0. The molecule has 0 saturated carbocycles. The molecule has 0 unspecified atom stereocenters. The molecule has 0 bridgehead atoms. The second-order valence-corrected chi connectivity index (χ2v) is 17.3. The molecule has 8 nitrogen and oxygen atoms in total. The van der Waals surface area contributed by atoms with E-state index in [-0.39, 0.29) is 53.9 Å². The Morgan fingerprint density at radius 3 is 1.59 bits per heavy atom. The fourth-order valence-electron chi connectivity index (χ4n) is 9.05. The quantitative estimate of drug-likeness (QED) is 0.0593. The van der Waals surface area contributed by atoms with Crippen LogP contribution in [0.25, 0.3) is 22.3 Å². The topological polar surface area (TPSA) is 102 Å². The van der Waals surface area contributed by atoms with Gasteiger partial charge in [0, 0.05) is 37.0 Å². The van der Waals surface area contributed by atoms with E-state index in [0.717, 1.165) is 24.3 Å². The van der Waals surface area contributed by atoms with Gasteiger partial charge >= 0.3 is 12.7 Å². The van der Waals surface area contributed by atoms with E-state index in [1.165, 1.54) is 54.7 Å². The van der Waals surface area contributed by atoms with Gasteiger partial charge in [-0.1, -0.05) is 85.8 Å². The lowest BCUT2D eigenvalue weighted by Gasteiger charge is -2.19. The van der Waals surface area contributed by atoms with Crippen LogP contribution in [0.1, 0.15) is 78.9 Å². The molecule has 6 aromatic rings. The highest BCUT2D eigenvalue weighted by Crippen LogP contribution is 2.41. The number of nitrogens with one attached hydrogen (secondary N) is 1. The molecule has 378 valence electrons. The molecule has 8 rings (SSSR count). The number of unbranched alkanes of at least 4 members (excludes halogenated alkanes) is 1. The third-order valence-electron chi connectivity index (χ3n) is 12.5. The van der Waals surface area contributed by atoms with Gasteiger partial charge in [0.05, 0.1) is 35.0 Å². The van der Waals surface area contributed by atoms with Crippen molar-refractivity contribution < 1.29 is 63.0 Å². The van der Waals surface area contributed by atoms with Crippen LogP contribution in [-0.2, 0) is 16.0 Å². The fourth-order valence-corrected chi connectivity index (χ4v) is 9.05. The summed E-state index contributed by atoms with van der Waals surface area (Å²) in [5, 5.41) is 2.85. The molecule has 0 spiro atoms. The summed E-state index contributed by atoms with van der Waals surface area (Å²) in [4.78, 5) is 40.3. The van der Waals surface area contributed by atoms with Gasteiger partial charge in [0.2, 0.25) is 5.91 Å². The first-order valence-electron chi connectivity index (χ1n) is 23.2. The summed E-state index contributed by atoms with van der Waals surface area (Å²) in [6.45, 7) is 1.88. The van der Waals surface area contributed by atoms with Crippen LogP contribution in [0, 0.1) is 35.1 Å². The molecule has 4 atom stereocenters. The van der Waals surface area contributed by atoms with Crippen molar-refractivity contribution in [3.63, 3.8) is 0 Å². The number of carbonyl (C=O) groups excluding carboxylic acids is 2. The third-order valence-corrected chi connectivity index (χ3v) is 12.5. The molecular formula is C55H44F10N4O4. The molecule has 0 saturated heterocycles. The van der Waals surface area contributed by atoms with E-state index >= 15 is 8.78 Å². The molecule has 0 aromatic heterocycles. The van der Waals surface area contributed by atoms with E-state index in [1.54, 1.807) is 61.5 Å². The lowest BCUT2D eigenvalue weighted by atomic mass is 9.89. The molecule has 2 amide bonds. The molecule has 0 radical (unpaired) electrons. The standard InChI is InChI=1S/C55H44F10N4O4/c1-2-26-66-52(70)39-29-45(48-41(56)8-5-9-42(48)57)68-50(39)35-18-14-33(15-19-35)36-22-25-47(73-55(63,64)65)37(28-36)7-3-4-27-67-53(71)40-30-46(49-43(58)10-6-11-44(49)59)69-51(40)34-16-12-31(13-17-34)32-20-23-38(24-21-32)72-54(60,61)62/h5-6,8-26,28,39-40,50-51H,2-4,7,27,29-30H2,1H3,(H,67,71)/t39-,40-,50-,51-/m0/s1. The summed E-state index contributed by atoms with van der Waals surface area (Å²) in [7, 11) is 0. The minimum Gasteiger partial charge on any atom is -0.406 e. The number of rotatable bonds is 16. The van der Waals surface area contributed by atoms with Gasteiger partial charge in [-0.2, -0.15) is 0 Å². The Kier molecular flexibility index (Phi) is 15.6. The van der Waals surface area contributed by atoms with Crippen molar-refractivity contribution >= 4 is 29.5 Å². The molecule has 0 aliphatic carbocycles. The fraction of sp³-hybridized carbons (Fsp3) is 0.255.